The number of rotatable bonds is 0. The average Bonchev–Trinajstić information content (AvgIpc) is 2.88. The summed E-state index contributed by atoms with van der Waals surface area (Å²) in [6.45, 7) is 6.67. The zero-order valence-corrected chi connectivity index (χ0v) is 11.7. The second kappa shape index (κ2) is 5.70. The minimum atomic E-state index is 0.293. The van der Waals surface area contributed by atoms with Gasteiger partial charge in [0.2, 0.25) is 0 Å². The van der Waals surface area contributed by atoms with Gasteiger partial charge < -0.3 is 4.98 Å². The molecule has 0 spiro atoms. The fraction of sp³-hybridized carbons (Fsp3) is 0.235. The summed E-state index contributed by atoms with van der Waals surface area (Å²) < 4.78 is 0. The lowest BCUT2D eigenvalue weighted by Crippen LogP contribution is -2.10. The number of aromatic nitrogens is 2. The number of H-pyrrole nitrogens is 1. The second-order valence-electron chi connectivity index (χ2n) is 5.54. The molecular weight excluding hydrogens is 232 g/mol. The SMILES string of the molecule is CC(C)(C)c1ccccc1.c1ccc2[nH]cnc2c1. The van der Waals surface area contributed by atoms with E-state index in [2.05, 4.69) is 61.1 Å². The van der Waals surface area contributed by atoms with Crippen LogP contribution in [0, 0.1) is 0 Å². The zero-order chi connectivity index (χ0) is 13.7. The van der Waals surface area contributed by atoms with E-state index >= 15 is 0 Å². The normalized spacial score (nSPS) is 10.9. The summed E-state index contributed by atoms with van der Waals surface area (Å²) in [6, 6.07) is 18.5. The third kappa shape index (κ3) is 3.68. The molecule has 3 rings (SSSR count). The molecule has 0 saturated heterocycles. The molecule has 0 amide bonds. The number of nitrogens with one attached hydrogen (secondary N) is 1. The first-order valence-electron chi connectivity index (χ1n) is 6.51. The fourth-order valence-electron chi connectivity index (χ4n) is 1.82. The quantitative estimate of drug-likeness (QED) is 0.625. The highest BCUT2D eigenvalue weighted by Gasteiger charge is 2.11. The van der Waals surface area contributed by atoms with Crippen LogP contribution in [0.5, 0.6) is 0 Å². The summed E-state index contributed by atoms with van der Waals surface area (Å²) in [5.41, 5.74) is 3.81. The number of fused-ring (bicyclic) bond motifs is 1. The fourth-order valence-corrected chi connectivity index (χ4v) is 1.82. The number of hydrogen-bond donors (Lipinski definition) is 1. The van der Waals surface area contributed by atoms with Gasteiger partial charge in [0.15, 0.2) is 0 Å². The lowest BCUT2D eigenvalue weighted by Gasteiger charge is -2.18. The maximum Gasteiger partial charge on any atom is 0.0931 e. The predicted octanol–water partition coefficient (Wildman–Crippen LogP) is 4.55. The molecule has 0 saturated carbocycles. The Balaban J connectivity index is 0.000000141. The standard InChI is InChI=1S/C10H14.C7H6N2/c1-10(2,3)9-7-5-4-6-8-9;1-2-4-7-6(3-1)8-5-9-7/h4-8H,1-3H3;1-5H,(H,8,9). The van der Waals surface area contributed by atoms with Gasteiger partial charge >= 0.3 is 0 Å². The van der Waals surface area contributed by atoms with Gasteiger partial charge in [-0.1, -0.05) is 63.2 Å². The Kier molecular flexibility index (Phi) is 4.00. The van der Waals surface area contributed by atoms with Crippen LogP contribution in [0.1, 0.15) is 26.3 Å². The highest BCUT2D eigenvalue weighted by Crippen LogP contribution is 2.20. The van der Waals surface area contributed by atoms with Gasteiger partial charge in [0.05, 0.1) is 17.4 Å². The Labute approximate surface area is 114 Å². The van der Waals surface area contributed by atoms with E-state index in [4.69, 9.17) is 0 Å². The second-order valence-corrected chi connectivity index (χ2v) is 5.54. The van der Waals surface area contributed by atoms with Crippen LogP contribution in [-0.2, 0) is 5.41 Å². The van der Waals surface area contributed by atoms with Crippen LogP contribution in [0.15, 0.2) is 60.9 Å². The van der Waals surface area contributed by atoms with Crippen LogP contribution in [-0.4, -0.2) is 9.97 Å². The summed E-state index contributed by atoms with van der Waals surface area (Å²) in [5.74, 6) is 0. The van der Waals surface area contributed by atoms with Gasteiger partial charge in [-0.2, -0.15) is 0 Å². The van der Waals surface area contributed by atoms with Crippen LogP contribution in [0.2, 0.25) is 0 Å². The van der Waals surface area contributed by atoms with Crippen molar-refractivity contribution < 1.29 is 0 Å². The zero-order valence-electron chi connectivity index (χ0n) is 11.7. The minimum absolute atomic E-state index is 0.293. The Morgan fingerprint density at radius 3 is 2.05 bits per heavy atom. The summed E-state index contributed by atoms with van der Waals surface area (Å²) in [4.78, 5) is 7.07. The molecule has 2 heteroatoms. The molecule has 3 aromatic rings. The van der Waals surface area contributed by atoms with Crippen molar-refractivity contribution in [2.75, 3.05) is 0 Å². The molecule has 1 heterocycles. The van der Waals surface area contributed by atoms with Crippen LogP contribution < -0.4 is 0 Å². The molecular formula is C17H20N2. The van der Waals surface area contributed by atoms with Gasteiger partial charge in [-0.3, -0.25) is 0 Å². The van der Waals surface area contributed by atoms with Gasteiger partial charge in [0.25, 0.3) is 0 Å². The van der Waals surface area contributed by atoms with Gasteiger partial charge in [-0.25, -0.2) is 4.98 Å². The van der Waals surface area contributed by atoms with E-state index in [-0.39, 0.29) is 0 Å². The third-order valence-corrected chi connectivity index (χ3v) is 2.97. The van der Waals surface area contributed by atoms with Crippen molar-refractivity contribution >= 4 is 11.0 Å². The number of benzene rings is 2. The number of aromatic amines is 1. The Hall–Kier alpha value is -2.09. The summed E-state index contributed by atoms with van der Waals surface area (Å²) >= 11 is 0. The summed E-state index contributed by atoms with van der Waals surface area (Å²) in [7, 11) is 0. The molecule has 19 heavy (non-hydrogen) atoms. The third-order valence-electron chi connectivity index (χ3n) is 2.97. The van der Waals surface area contributed by atoms with E-state index in [1.165, 1.54) is 5.56 Å². The first-order valence-corrected chi connectivity index (χ1v) is 6.51. The molecule has 2 nitrogen and oxygen atoms in total. The van der Waals surface area contributed by atoms with Crippen LogP contribution in [0.25, 0.3) is 11.0 Å². The first-order chi connectivity index (χ1) is 9.07. The molecule has 1 aromatic heterocycles. The van der Waals surface area contributed by atoms with Crippen molar-refractivity contribution in [1.29, 1.82) is 0 Å². The summed E-state index contributed by atoms with van der Waals surface area (Å²) in [5, 5.41) is 0. The molecule has 0 bridgehead atoms. The number of hydrogen-bond acceptors (Lipinski definition) is 1. The van der Waals surface area contributed by atoms with Crippen molar-refractivity contribution in [3.63, 3.8) is 0 Å². The van der Waals surface area contributed by atoms with Crippen molar-refractivity contribution in [3.8, 4) is 0 Å². The van der Waals surface area contributed by atoms with E-state index in [1.807, 2.05) is 24.3 Å². The molecule has 0 aliphatic rings. The molecule has 0 aliphatic heterocycles. The van der Waals surface area contributed by atoms with Crippen molar-refractivity contribution in [3.05, 3.63) is 66.5 Å². The minimum Gasteiger partial charge on any atom is -0.345 e. The van der Waals surface area contributed by atoms with Crippen molar-refractivity contribution in [1.82, 2.24) is 9.97 Å². The van der Waals surface area contributed by atoms with Crippen LogP contribution in [0.3, 0.4) is 0 Å². The molecule has 0 aliphatic carbocycles. The predicted molar refractivity (Wildman–Crippen MR) is 81.2 cm³/mol. The Morgan fingerprint density at radius 1 is 0.842 bits per heavy atom. The molecule has 0 atom stereocenters. The van der Waals surface area contributed by atoms with E-state index in [0.29, 0.717) is 5.41 Å². The first kappa shape index (κ1) is 13.3. The lowest BCUT2D eigenvalue weighted by atomic mass is 9.87. The van der Waals surface area contributed by atoms with Crippen molar-refractivity contribution in [2.24, 2.45) is 0 Å². The molecule has 2 aromatic carbocycles. The van der Waals surface area contributed by atoms with E-state index in [9.17, 15) is 0 Å². The topological polar surface area (TPSA) is 28.7 Å². The average molecular weight is 252 g/mol. The van der Waals surface area contributed by atoms with Gasteiger partial charge in [0, 0.05) is 0 Å². The van der Waals surface area contributed by atoms with E-state index < -0.39 is 0 Å². The largest absolute Gasteiger partial charge is 0.345 e. The Bertz CT molecular complexity index is 588. The summed E-state index contributed by atoms with van der Waals surface area (Å²) in [6.07, 6.45) is 1.70. The maximum absolute atomic E-state index is 4.06. The van der Waals surface area contributed by atoms with Crippen LogP contribution >= 0.6 is 0 Å². The molecule has 0 radical (unpaired) electrons. The van der Waals surface area contributed by atoms with Gasteiger partial charge in [0.1, 0.15) is 0 Å². The number of nitrogens with zero attached hydrogens (tertiary/aromatic N) is 1. The van der Waals surface area contributed by atoms with E-state index in [0.717, 1.165) is 11.0 Å². The monoisotopic (exact) mass is 252 g/mol. The number of imidazole rings is 1. The molecule has 0 unspecified atom stereocenters. The number of para-hydroxylation sites is 2. The van der Waals surface area contributed by atoms with Gasteiger partial charge in [-0.15, -0.1) is 0 Å². The smallest absolute Gasteiger partial charge is 0.0931 e. The highest BCUT2D eigenvalue weighted by atomic mass is 14.9. The molecule has 0 fully saturated rings. The maximum atomic E-state index is 4.06. The Morgan fingerprint density at radius 2 is 1.47 bits per heavy atom. The lowest BCUT2D eigenvalue weighted by molar-refractivity contribution is 0.590. The highest BCUT2D eigenvalue weighted by molar-refractivity contribution is 5.73. The van der Waals surface area contributed by atoms with Gasteiger partial charge in [-0.05, 0) is 23.1 Å². The molecule has 1 N–H and O–H groups in total. The van der Waals surface area contributed by atoms with E-state index in [1.54, 1.807) is 6.33 Å². The molecule has 98 valence electrons. The van der Waals surface area contributed by atoms with Crippen molar-refractivity contribution in [2.45, 2.75) is 26.2 Å². The van der Waals surface area contributed by atoms with Crippen LogP contribution in [0.4, 0.5) is 0 Å².